The zero-order valence-electron chi connectivity index (χ0n) is 13.3. The number of hydrogen-bond donors (Lipinski definition) is 2. The van der Waals surface area contributed by atoms with E-state index in [-0.39, 0.29) is 18.6 Å². The lowest BCUT2D eigenvalue weighted by atomic mass is 10.2. The van der Waals surface area contributed by atoms with Crippen molar-refractivity contribution in [1.29, 1.82) is 0 Å². The molecule has 5 heteroatoms. The molecule has 0 heterocycles. The minimum atomic E-state index is -0.660. The summed E-state index contributed by atoms with van der Waals surface area (Å²) in [5.41, 5.74) is 1.11. The Kier molecular flexibility index (Phi) is 7.19. The zero-order chi connectivity index (χ0) is 15.8. The second-order valence-corrected chi connectivity index (χ2v) is 5.26. The number of aryl methyl sites for hydroxylation is 1. The van der Waals surface area contributed by atoms with E-state index >= 15 is 0 Å². The number of carbonyl (C=O) groups is 1. The van der Waals surface area contributed by atoms with E-state index in [1.807, 2.05) is 38.1 Å². The normalized spacial score (nSPS) is 13.6. The molecule has 0 aliphatic rings. The van der Waals surface area contributed by atoms with Gasteiger partial charge in [0, 0.05) is 20.1 Å². The fourth-order valence-electron chi connectivity index (χ4n) is 1.84. The Morgan fingerprint density at radius 3 is 2.81 bits per heavy atom. The Balaban J connectivity index is 2.31. The van der Waals surface area contributed by atoms with Gasteiger partial charge >= 0.3 is 0 Å². The first kappa shape index (κ1) is 17.5. The van der Waals surface area contributed by atoms with Crippen LogP contribution in [-0.2, 0) is 4.79 Å². The highest BCUT2D eigenvalue weighted by Gasteiger charge is 2.17. The Labute approximate surface area is 126 Å². The van der Waals surface area contributed by atoms with E-state index in [4.69, 9.17) is 4.74 Å². The molecule has 1 rings (SSSR count). The summed E-state index contributed by atoms with van der Waals surface area (Å²) in [5.74, 6) is 0.758. The Morgan fingerprint density at radius 1 is 1.48 bits per heavy atom. The minimum Gasteiger partial charge on any atom is -0.491 e. The number of benzene rings is 1. The van der Waals surface area contributed by atoms with Crippen molar-refractivity contribution in [3.8, 4) is 5.75 Å². The Bertz CT molecular complexity index is 451. The van der Waals surface area contributed by atoms with Crippen LogP contribution in [0.15, 0.2) is 24.3 Å². The van der Waals surface area contributed by atoms with Gasteiger partial charge in [-0.15, -0.1) is 0 Å². The largest absolute Gasteiger partial charge is 0.491 e. The predicted octanol–water partition coefficient (Wildman–Crippen LogP) is 1.19. The molecule has 0 saturated heterocycles. The van der Waals surface area contributed by atoms with Crippen molar-refractivity contribution in [3.05, 3.63) is 29.8 Å². The van der Waals surface area contributed by atoms with Crippen molar-refractivity contribution >= 4 is 5.91 Å². The molecule has 5 nitrogen and oxygen atoms in total. The van der Waals surface area contributed by atoms with E-state index < -0.39 is 6.10 Å². The highest BCUT2D eigenvalue weighted by atomic mass is 16.5. The highest BCUT2D eigenvalue weighted by Crippen LogP contribution is 2.12. The summed E-state index contributed by atoms with van der Waals surface area (Å²) in [6.45, 7) is 6.89. The molecule has 0 spiro atoms. The molecule has 1 aromatic rings. The first-order chi connectivity index (χ1) is 9.93. The van der Waals surface area contributed by atoms with Crippen molar-refractivity contribution in [2.45, 2.75) is 32.9 Å². The van der Waals surface area contributed by atoms with Gasteiger partial charge in [0.15, 0.2) is 0 Å². The number of likely N-dealkylation sites (N-methyl/N-ethyl adjacent to an activating group) is 1. The molecule has 1 aromatic carbocycles. The first-order valence-electron chi connectivity index (χ1n) is 7.30. The second-order valence-electron chi connectivity index (χ2n) is 5.26. The summed E-state index contributed by atoms with van der Waals surface area (Å²) >= 11 is 0. The molecule has 2 N–H and O–H groups in total. The molecular formula is C16H26N2O3. The lowest BCUT2D eigenvalue weighted by Crippen LogP contribution is -2.46. The van der Waals surface area contributed by atoms with Gasteiger partial charge in [0.1, 0.15) is 18.5 Å². The molecule has 0 bridgehead atoms. The fraction of sp³-hybridized carbons (Fsp3) is 0.562. The van der Waals surface area contributed by atoms with Crippen LogP contribution in [0.25, 0.3) is 0 Å². The maximum absolute atomic E-state index is 11.9. The second kappa shape index (κ2) is 8.64. The number of carbonyl (C=O) groups excluding carboxylic acids is 1. The number of nitrogens with one attached hydrogen (secondary N) is 1. The fourth-order valence-corrected chi connectivity index (χ4v) is 1.84. The van der Waals surface area contributed by atoms with E-state index in [9.17, 15) is 9.90 Å². The predicted molar refractivity (Wildman–Crippen MR) is 83.5 cm³/mol. The van der Waals surface area contributed by atoms with Crippen molar-refractivity contribution in [2.75, 3.05) is 26.7 Å². The third-order valence-corrected chi connectivity index (χ3v) is 3.31. The molecule has 0 saturated carbocycles. The molecule has 0 aliphatic heterocycles. The van der Waals surface area contributed by atoms with E-state index in [2.05, 4.69) is 5.32 Å². The van der Waals surface area contributed by atoms with Crippen molar-refractivity contribution < 1.29 is 14.6 Å². The van der Waals surface area contributed by atoms with Gasteiger partial charge in [-0.05, 0) is 38.5 Å². The molecule has 2 atom stereocenters. The zero-order valence-corrected chi connectivity index (χ0v) is 13.3. The van der Waals surface area contributed by atoms with Crippen LogP contribution in [0.1, 0.15) is 19.4 Å². The van der Waals surface area contributed by atoms with Crippen LogP contribution in [0.4, 0.5) is 0 Å². The van der Waals surface area contributed by atoms with E-state index in [0.717, 1.165) is 11.3 Å². The van der Waals surface area contributed by atoms with Crippen molar-refractivity contribution in [1.82, 2.24) is 10.2 Å². The summed E-state index contributed by atoms with van der Waals surface area (Å²) in [4.78, 5) is 13.5. The summed E-state index contributed by atoms with van der Waals surface area (Å²) in [6, 6.07) is 7.36. The molecule has 0 radical (unpaired) electrons. The maximum atomic E-state index is 11.9. The maximum Gasteiger partial charge on any atom is 0.239 e. The molecule has 0 aromatic heterocycles. The number of nitrogens with zero attached hydrogens (tertiary/aromatic N) is 1. The van der Waals surface area contributed by atoms with Crippen LogP contribution in [0.5, 0.6) is 5.75 Å². The summed E-state index contributed by atoms with van der Waals surface area (Å²) in [5, 5.41) is 12.9. The third-order valence-electron chi connectivity index (χ3n) is 3.31. The number of hydrogen-bond acceptors (Lipinski definition) is 4. The first-order valence-corrected chi connectivity index (χ1v) is 7.30. The number of aliphatic hydroxyl groups is 1. The monoisotopic (exact) mass is 294 g/mol. The van der Waals surface area contributed by atoms with Gasteiger partial charge < -0.3 is 20.1 Å². The van der Waals surface area contributed by atoms with Gasteiger partial charge in [-0.3, -0.25) is 4.79 Å². The van der Waals surface area contributed by atoms with Gasteiger partial charge in [-0.25, -0.2) is 0 Å². The van der Waals surface area contributed by atoms with Crippen LogP contribution in [0.2, 0.25) is 0 Å². The smallest absolute Gasteiger partial charge is 0.239 e. The molecule has 21 heavy (non-hydrogen) atoms. The minimum absolute atomic E-state index is 0.0179. The number of rotatable bonds is 8. The quantitative estimate of drug-likeness (QED) is 0.756. The highest BCUT2D eigenvalue weighted by molar-refractivity contribution is 5.81. The average Bonchev–Trinajstić information content (AvgIpc) is 2.49. The average molecular weight is 294 g/mol. The van der Waals surface area contributed by atoms with Gasteiger partial charge in [0.05, 0.1) is 6.04 Å². The molecular weight excluding hydrogens is 268 g/mol. The topological polar surface area (TPSA) is 61.8 Å². The van der Waals surface area contributed by atoms with Crippen molar-refractivity contribution in [3.63, 3.8) is 0 Å². The SMILES string of the molecule is CCN(C)C(=O)C(C)NCC(O)COc1cccc(C)c1. The Morgan fingerprint density at radius 2 is 2.19 bits per heavy atom. The van der Waals surface area contributed by atoms with E-state index in [0.29, 0.717) is 13.1 Å². The molecule has 2 unspecified atom stereocenters. The molecule has 0 aliphatic carbocycles. The number of ether oxygens (including phenoxy) is 1. The summed E-state index contributed by atoms with van der Waals surface area (Å²) < 4.78 is 5.52. The van der Waals surface area contributed by atoms with E-state index in [1.165, 1.54) is 0 Å². The van der Waals surface area contributed by atoms with Crippen LogP contribution < -0.4 is 10.1 Å². The van der Waals surface area contributed by atoms with Crippen LogP contribution in [-0.4, -0.2) is 54.8 Å². The standard InChI is InChI=1S/C16H26N2O3/c1-5-18(4)16(20)13(3)17-10-14(19)11-21-15-8-6-7-12(2)9-15/h6-9,13-14,17,19H,5,10-11H2,1-4H3. The van der Waals surface area contributed by atoms with Crippen LogP contribution in [0, 0.1) is 6.92 Å². The third kappa shape index (κ3) is 6.14. The summed E-state index contributed by atoms with van der Waals surface area (Å²) in [7, 11) is 1.76. The van der Waals surface area contributed by atoms with Gasteiger partial charge in [0.2, 0.25) is 5.91 Å². The van der Waals surface area contributed by atoms with Gasteiger partial charge in [-0.1, -0.05) is 12.1 Å². The van der Waals surface area contributed by atoms with Crippen molar-refractivity contribution in [2.24, 2.45) is 0 Å². The molecule has 1 amide bonds. The molecule has 0 fully saturated rings. The summed E-state index contributed by atoms with van der Waals surface area (Å²) in [6.07, 6.45) is -0.660. The van der Waals surface area contributed by atoms with Crippen LogP contribution in [0.3, 0.4) is 0 Å². The Hall–Kier alpha value is -1.59. The number of aliphatic hydroxyl groups excluding tert-OH is 1. The van der Waals surface area contributed by atoms with Gasteiger partial charge in [0.25, 0.3) is 0 Å². The lowest BCUT2D eigenvalue weighted by molar-refractivity contribution is -0.131. The molecule has 118 valence electrons. The number of amides is 1. The van der Waals surface area contributed by atoms with Gasteiger partial charge in [-0.2, -0.15) is 0 Å². The van der Waals surface area contributed by atoms with Crippen LogP contribution >= 0.6 is 0 Å². The van der Waals surface area contributed by atoms with E-state index in [1.54, 1.807) is 18.9 Å². The lowest BCUT2D eigenvalue weighted by Gasteiger charge is -2.22.